The van der Waals surface area contributed by atoms with Gasteiger partial charge < -0.3 is 18.9 Å². The van der Waals surface area contributed by atoms with Crippen LogP contribution in [0.25, 0.3) is 10.9 Å². The zero-order chi connectivity index (χ0) is 24.6. The Kier molecular flexibility index (Phi) is 8.21. The quantitative estimate of drug-likeness (QED) is 0.219. The lowest BCUT2D eigenvalue weighted by molar-refractivity contribution is -0.145. The summed E-state index contributed by atoms with van der Waals surface area (Å²) in [6, 6.07) is 23.3. The summed E-state index contributed by atoms with van der Waals surface area (Å²) in [6.45, 7) is 4.45. The van der Waals surface area contributed by atoms with Crippen LogP contribution in [0.15, 0.2) is 77.3 Å². The number of carbonyl (C=O) groups excluding carboxylic acids is 1. The highest BCUT2D eigenvalue weighted by atomic mass is 79.9. The molecule has 0 fully saturated rings. The number of hydrogen-bond donors (Lipinski definition) is 0. The number of esters is 1. The van der Waals surface area contributed by atoms with Gasteiger partial charge in [-0.1, -0.05) is 42.5 Å². The van der Waals surface area contributed by atoms with Crippen molar-refractivity contribution in [3.63, 3.8) is 0 Å². The second-order valence-corrected chi connectivity index (χ2v) is 8.68. The largest absolute Gasteiger partial charge is 0.487 e. The summed E-state index contributed by atoms with van der Waals surface area (Å²) in [4.78, 5) is 16.4. The molecule has 0 atom stereocenters. The minimum absolute atomic E-state index is 0.151. The second-order valence-electron chi connectivity index (χ2n) is 7.82. The molecule has 1 aromatic heterocycles. The molecule has 0 unspecified atom stereocenters. The first-order chi connectivity index (χ1) is 17.0. The summed E-state index contributed by atoms with van der Waals surface area (Å²) in [5.74, 6) is 1.51. The van der Waals surface area contributed by atoms with Crippen molar-refractivity contribution in [3.05, 3.63) is 94.1 Å². The van der Waals surface area contributed by atoms with E-state index >= 15 is 0 Å². The molecule has 0 aliphatic rings. The van der Waals surface area contributed by atoms with Crippen molar-refractivity contribution >= 4 is 32.8 Å². The van der Waals surface area contributed by atoms with Gasteiger partial charge in [0.15, 0.2) is 6.61 Å². The smallest absolute Gasteiger partial charge is 0.344 e. The Bertz CT molecular complexity index is 1320. The van der Waals surface area contributed by atoms with Crippen LogP contribution < -0.4 is 14.2 Å². The molecule has 4 aromatic rings. The molecule has 0 radical (unpaired) electrons. The minimum atomic E-state index is -0.406. The first kappa shape index (κ1) is 24.5. The molecule has 4 rings (SSSR count). The highest BCUT2D eigenvalue weighted by Gasteiger charge is 2.12. The third-order valence-corrected chi connectivity index (χ3v) is 5.92. The molecule has 0 saturated carbocycles. The fraction of sp³-hybridized carbons (Fsp3) is 0.214. The van der Waals surface area contributed by atoms with Gasteiger partial charge in [-0.2, -0.15) is 0 Å². The van der Waals surface area contributed by atoms with Crippen molar-refractivity contribution in [2.45, 2.75) is 27.1 Å². The molecule has 0 bridgehead atoms. The van der Waals surface area contributed by atoms with Crippen LogP contribution >= 0.6 is 15.9 Å². The predicted molar refractivity (Wildman–Crippen MR) is 138 cm³/mol. The highest BCUT2D eigenvalue weighted by molar-refractivity contribution is 9.10. The van der Waals surface area contributed by atoms with E-state index in [1.807, 2.05) is 79.7 Å². The van der Waals surface area contributed by atoms with Gasteiger partial charge >= 0.3 is 5.97 Å². The Morgan fingerprint density at radius 1 is 0.914 bits per heavy atom. The molecule has 0 saturated heterocycles. The molecule has 0 N–H and O–H groups in total. The standard InChI is InChI=1S/C28H26BrNO5/c1-3-32-27(31)18-35-28-19(2)7-6-9-21(28)16-34-26-15-23(13-14-24(26)29)33-17-22-12-11-20-8-4-5-10-25(20)30-22/h4-15H,3,16-18H2,1-2H3. The SMILES string of the molecule is CCOC(=O)COc1c(C)cccc1COc1cc(OCc2ccc3ccccc3n2)ccc1Br. The van der Waals surface area contributed by atoms with Crippen molar-refractivity contribution in [1.82, 2.24) is 4.98 Å². The number of halogens is 1. The third kappa shape index (κ3) is 6.51. The van der Waals surface area contributed by atoms with Gasteiger partial charge in [0.25, 0.3) is 0 Å². The Labute approximate surface area is 212 Å². The molecule has 3 aromatic carbocycles. The molecule has 0 amide bonds. The van der Waals surface area contributed by atoms with Crippen molar-refractivity contribution in [2.24, 2.45) is 0 Å². The van der Waals surface area contributed by atoms with Crippen LogP contribution in [0, 0.1) is 6.92 Å². The summed E-state index contributed by atoms with van der Waals surface area (Å²) in [5, 5.41) is 1.09. The number of nitrogens with zero attached hydrogens (tertiary/aromatic N) is 1. The number of aryl methyl sites for hydroxylation is 1. The van der Waals surface area contributed by atoms with Crippen LogP contribution in [0.3, 0.4) is 0 Å². The van der Waals surface area contributed by atoms with Crippen molar-refractivity contribution in [3.8, 4) is 17.2 Å². The van der Waals surface area contributed by atoms with E-state index in [1.165, 1.54) is 0 Å². The Hall–Kier alpha value is -3.58. The van der Waals surface area contributed by atoms with Crippen molar-refractivity contribution < 1.29 is 23.7 Å². The summed E-state index contributed by atoms with van der Waals surface area (Å²) in [5.41, 5.74) is 3.52. The minimum Gasteiger partial charge on any atom is -0.487 e. The van der Waals surface area contributed by atoms with Gasteiger partial charge in [-0.05, 0) is 59.6 Å². The Morgan fingerprint density at radius 2 is 1.77 bits per heavy atom. The van der Waals surface area contributed by atoms with Gasteiger partial charge in [0.2, 0.25) is 0 Å². The fourth-order valence-electron chi connectivity index (χ4n) is 3.55. The number of ether oxygens (including phenoxy) is 4. The van der Waals surface area contributed by atoms with Gasteiger partial charge in [-0.15, -0.1) is 0 Å². The second kappa shape index (κ2) is 11.7. The fourth-order valence-corrected chi connectivity index (χ4v) is 3.91. The van der Waals surface area contributed by atoms with E-state index in [2.05, 4.69) is 20.9 Å². The maximum Gasteiger partial charge on any atom is 0.344 e. The van der Waals surface area contributed by atoms with Gasteiger partial charge in [0, 0.05) is 17.0 Å². The molecular weight excluding hydrogens is 510 g/mol. The number of carbonyl (C=O) groups is 1. The molecule has 35 heavy (non-hydrogen) atoms. The predicted octanol–water partition coefficient (Wildman–Crippen LogP) is 6.41. The van der Waals surface area contributed by atoms with Crippen LogP contribution in [-0.4, -0.2) is 24.2 Å². The molecule has 0 aliphatic heterocycles. The van der Waals surface area contributed by atoms with E-state index in [-0.39, 0.29) is 13.2 Å². The van der Waals surface area contributed by atoms with E-state index in [9.17, 15) is 4.79 Å². The lowest BCUT2D eigenvalue weighted by Crippen LogP contribution is -2.16. The Balaban J connectivity index is 1.42. The summed E-state index contributed by atoms with van der Waals surface area (Å²) in [7, 11) is 0. The van der Waals surface area contributed by atoms with Crippen molar-refractivity contribution in [2.75, 3.05) is 13.2 Å². The van der Waals surface area contributed by atoms with Crippen LogP contribution in [0.1, 0.15) is 23.7 Å². The monoisotopic (exact) mass is 535 g/mol. The maximum atomic E-state index is 11.7. The average molecular weight is 536 g/mol. The molecule has 0 aliphatic carbocycles. The topological polar surface area (TPSA) is 66.9 Å². The number of pyridine rings is 1. The van der Waals surface area contributed by atoms with Crippen molar-refractivity contribution in [1.29, 1.82) is 0 Å². The maximum absolute atomic E-state index is 11.7. The average Bonchev–Trinajstić information content (AvgIpc) is 2.87. The number of hydrogen-bond acceptors (Lipinski definition) is 6. The van der Waals surface area contributed by atoms with Crippen LogP contribution in [-0.2, 0) is 22.7 Å². The summed E-state index contributed by atoms with van der Waals surface area (Å²) in [6.07, 6.45) is 0. The van der Waals surface area contributed by atoms with Gasteiger partial charge in [-0.3, -0.25) is 0 Å². The highest BCUT2D eigenvalue weighted by Crippen LogP contribution is 2.32. The molecule has 180 valence electrons. The Morgan fingerprint density at radius 3 is 2.63 bits per heavy atom. The molecular formula is C28H26BrNO5. The summed E-state index contributed by atoms with van der Waals surface area (Å²) >= 11 is 3.54. The van der Waals surface area contributed by atoms with Gasteiger partial charge in [-0.25, -0.2) is 9.78 Å². The van der Waals surface area contributed by atoms with Gasteiger partial charge in [0.1, 0.15) is 30.5 Å². The molecule has 1 heterocycles. The number of fused-ring (bicyclic) bond motifs is 1. The van der Waals surface area contributed by atoms with E-state index in [0.29, 0.717) is 30.5 Å². The van der Waals surface area contributed by atoms with E-state index in [1.54, 1.807) is 6.92 Å². The van der Waals surface area contributed by atoms with E-state index < -0.39 is 5.97 Å². The number of benzene rings is 3. The van der Waals surface area contributed by atoms with Crippen LogP contribution in [0.4, 0.5) is 0 Å². The number of aromatic nitrogens is 1. The molecule has 6 nitrogen and oxygen atoms in total. The molecule has 7 heteroatoms. The number of rotatable bonds is 10. The van der Waals surface area contributed by atoms with Gasteiger partial charge in [0.05, 0.1) is 22.3 Å². The first-order valence-electron chi connectivity index (χ1n) is 11.3. The lowest BCUT2D eigenvalue weighted by Gasteiger charge is -2.15. The van der Waals surface area contributed by atoms with E-state index in [0.717, 1.165) is 32.2 Å². The third-order valence-electron chi connectivity index (χ3n) is 5.26. The van der Waals surface area contributed by atoms with Crippen LogP contribution in [0.5, 0.6) is 17.2 Å². The van der Waals surface area contributed by atoms with E-state index in [4.69, 9.17) is 18.9 Å². The zero-order valence-electron chi connectivity index (χ0n) is 19.6. The first-order valence-corrected chi connectivity index (χ1v) is 12.1. The number of para-hydroxylation sites is 2. The normalized spacial score (nSPS) is 10.7. The van der Waals surface area contributed by atoms with Crippen LogP contribution in [0.2, 0.25) is 0 Å². The molecule has 0 spiro atoms. The lowest BCUT2D eigenvalue weighted by atomic mass is 10.1. The summed E-state index contributed by atoms with van der Waals surface area (Å²) < 4.78 is 23.6. The zero-order valence-corrected chi connectivity index (χ0v) is 21.2.